The molecule has 0 spiro atoms. The SMILES string of the molecule is C[C@H](Sc1ccccn1)C(=O)Nc1ccc(OC(F)(F)F)cc1. The molecule has 0 saturated heterocycles. The number of hydrogen-bond acceptors (Lipinski definition) is 4. The van der Waals surface area contributed by atoms with E-state index in [-0.39, 0.29) is 11.7 Å². The van der Waals surface area contributed by atoms with Gasteiger partial charge >= 0.3 is 6.36 Å². The standard InChI is InChI=1S/C15H13F3N2O2S/c1-10(23-13-4-2-3-9-19-13)14(21)20-11-5-7-12(8-6-11)22-15(16,17)18/h2-10H,1H3,(H,20,21)/t10-/m0/s1. The van der Waals surface area contributed by atoms with Crippen molar-refractivity contribution in [1.82, 2.24) is 4.98 Å². The van der Waals surface area contributed by atoms with Crippen molar-refractivity contribution in [2.24, 2.45) is 0 Å². The minimum Gasteiger partial charge on any atom is -0.406 e. The number of carbonyl (C=O) groups excluding carboxylic acids is 1. The molecule has 1 aromatic heterocycles. The van der Waals surface area contributed by atoms with Gasteiger partial charge in [0.25, 0.3) is 0 Å². The van der Waals surface area contributed by atoms with Crippen LogP contribution in [0, 0.1) is 0 Å². The van der Waals surface area contributed by atoms with Gasteiger partial charge in [0.05, 0.1) is 10.3 Å². The van der Waals surface area contributed by atoms with E-state index in [1.54, 1.807) is 25.3 Å². The zero-order valence-corrected chi connectivity index (χ0v) is 12.8. The van der Waals surface area contributed by atoms with E-state index in [0.717, 1.165) is 12.1 Å². The highest BCUT2D eigenvalue weighted by molar-refractivity contribution is 8.00. The average Bonchev–Trinajstić information content (AvgIpc) is 2.48. The molecule has 0 aliphatic carbocycles. The van der Waals surface area contributed by atoms with E-state index in [9.17, 15) is 18.0 Å². The van der Waals surface area contributed by atoms with Crippen molar-refractivity contribution < 1.29 is 22.7 Å². The fourth-order valence-corrected chi connectivity index (χ4v) is 2.44. The molecule has 1 N–H and O–H groups in total. The first kappa shape index (κ1) is 17.1. The fourth-order valence-electron chi connectivity index (χ4n) is 1.64. The van der Waals surface area contributed by atoms with E-state index in [0.29, 0.717) is 10.7 Å². The minimum absolute atomic E-state index is 0.273. The van der Waals surface area contributed by atoms with Gasteiger partial charge in [-0.1, -0.05) is 17.8 Å². The lowest BCUT2D eigenvalue weighted by Gasteiger charge is -2.12. The first-order valence-corrected chi connectivity index (χ1v) is 7.46. The molecule has 1 atom stereocenters. The molecule has 0 fully saturated rings. The molecule has 1 amide bonds. The van der Waals surface area contributed by atoms with E-state index < -0.39 is 11.6 Å². The van der Waals surface area contributed by atoms with Gasteiger partial charge in [-0.05, 0) is 43.3 Å². The Morgan fingerprint density at radius 2 is 1.91 bits per heavy atom. The summed E-state index contributed by atoms with van der Waals surface area (Å²) in [5.74, 6) is -0.614. The van der Waals surface area contributed by atoms with Crippen LogP contribution in [0.3, 0.4) is 0 Å². The highest BCUT2D eigenvalue weighted by atomic mass is 32.2. The Morgan fingerprint density at radius 3 is 2.48 bits per heavy atom. The molecule has 8 heteroatoms. The number of rotatable bonds is 5. The Morgan fingerprint density at radius 1 is 1.22 bits per heavy atom. The van der Waals surface area contributed by atoms with E-state index in [1.165, 1.54) is 23.9 Å². The smallest absolute Gasteiger partial charge is 0.406 e. The summed E-state index contributed by atoms with van der Waals surface area (Å²) in [5.41, 5.74) is 0.387. The third-order valence-corrected chi connectivity index (χ3v) is 3.71. The lowest BCUT2D eigenvalue weighted by atomic mass is 10.3. The Bertz CT molecular complexity index is 648. The van der Waals surface area contributed by atoms with E-state index in [2.05, 4.69) is 15.0 Å². The third kappa shape index (κ3) is 5.82. The number of carbonyl (C=O) groups is 1. The van der Waals surface area contributed by atoms with Gasteiger partial charge in [-0.3, -0.25) is 4.79 Å². The molecule has 0 aliphatic rings. The zero-order valence-electron chi connectivity index (χ0n) is 12.0. The van der Waals surface area contributed by atoms with Crippen molar-refractivity contribution in [3.05, 3.63) is 48.7 Å². The van der Waals surface area contributed by atoms with Gasteiger partial charge in [0.15, 0.2) is 0 Å². The van der Waals surface area contributed by atoms with Gasteiger partial charge in [0.1, 0.15) is 5.75 Å². The van der Waals surface area contributed by atoms with Crippen LogP contribution in [0.4, 0.5) is 18.9 Å². The zero-order chi connectivity index (χ0) is 16.9. The Balaban J connectivity index is 1.92. The van der Waals surface area contributed by atoms with Crippen molar-refractivity contribution >= 4 is 23.4 Å². The molecule has 2 rings (SSSR count). The van der Waals surface area contributed by atoms with Gasteiger partial charge in [0.2, 0.25) is 5.91 Å². The number of pyridine rings is 1. The number of hydrogen-bond donors (Lipinski definition) is 1. The number of ether oxygens (including phenoxy) is 1. The van der Waals surface area contributed by atoms with Crippen LogP contribution in [0.2, 0.25) is 0 Å². The molecule has 4 nitrogen and oxygen atoms in total. The molecule has 122 valence electrons. The summed E-state index contributed by atoms with van der Waals surface area (Å²) < 4.78 is 40.0. The van der Waals surface area contributed by atoms with E-state index in [4.69, 9.17) is 0 Å². The number of alkyl halides is 3. The maximum absolute atomic E-state index is 12.1. The summed E-state index contributed by atoms with van der Waals surface area (Å²) in [6.07, 6.45) is -3.11. The number of thioether (sulfide) groups is 1. The monoisotopic (exact) mass is 342 g/mol. The second kappa shape index (κ2) is 7.36. The molecule has 1 heterocycles. The molecule has 0 unspecified atom stereocenters. The van der Waals surface area contributed by atoms with Crippen LogP contribution in [0.15, 0.2) is 53.7 Å². The van der Waals surface area contributed by atoms with E-state index in [1.807, 2.05) is 6.07 Å². The van der Waals surface area contributed by atoms with Gasteiger partial charge in [0, 0.05) is 11.9 Å². The Kier molecular flexibility index (Phi) is 5.49. The predicted molar refractivity (Wildman–Crippen MR) is 81.3 cm³/mol. The summed E-state index contributed by atoms with van der Waals surface area (Å²) in [6, 6.07) is 10.4. The van der Waals surface area contributed by atoms with Crippen LogP contribution in [-0.2, 0) is 4.79 Å². The van der Waals surface area contributed by atoms with Crippen LogP contribution in [0.25, 0.3) is 0 Å². The molecule has 0 radical (unpaired) electrons. The van der Waals surface area contributed by atoms with Crippen molar-refractivity contribution in [3.63, 3.8) is 0 Å². The number of amides is 1. The van der Waals surface area contributed by atoms with Gasteiger partial charge in [-0.15, -0.1) is 13.2 Å². The molecule has 1 aromatic carbocycles. The second-order valence-electron chi connectivity index (χ2n) is 4.49. The highest BCUT2D eigenvalue weighted by Gasteiger charge is 2.31. The van der Waals surface area contributed by atoms with Gasteiger partial charge < -0.3 is 10.1 Å². The van der Waals surface area contributed by atoms with Crippen molar-refractivity contribution in [1.29, 1.82) is 0 Å². The minimum atomic E-state index is -4.74. The molecule has 2 aromatic rings. The van der Waals surface area contributed by atoms with Crippen molar-refractivity contribution in [2.45, 2.75) is 23.6 Å². The maximum atomic E-state index is 12.1. The lowest BCUT2D eigenvalue weighted by Crippen LogP contribution is -2.22. The first-order chi connectivity index (χ1) is 10.8. The second-order valence-corrected chi connectivity index (χ2v) is 5.85. The Hall–Kier alpha value is -2.22. The fraction of sp³-hybridized carbons (Fsp3) is 0.200. The number of aromatic nitrogens is 1. The summed E-state index contributed by atoms with van der Waals surface area (Å²) in [5, 5.41) is 2.93. The topological polar surface area (TPSA) is 51.2 Å². The van der Waals surface area contributed by atoms with Crippen LogP contribution in [-0.4, -0.2) is 22.5 Å². The van der Waals surface area contributed by atoms with Crippen LogP contribution in [0.1, 0.15) is 6.92 Å². The summed E-state index contributed by atoms with van der Waals surface area (Å²) in [4.78, 5) is 16.2. The average molecular weight is 342 g/mol. The molecular weight excluding hydrogens is 329 g/mol. The summed E-state index contributed by atoms with van der Waals surface area (Å²) >= 11 is 1.29. The van der Waals surface area contributed by atoms with Crippen LogP contribution < -0.4 is 10.1 Å². The number of nitrogens with zero attached hydrogens (tertiary/aromatic N) is 1. The number of halogens is 3. The van der Waals surface area contributed by atoms with Crippen molar-refractivity contribution in [2.75, 3.05) is 5.32 Å². The lowest BCUT2D eigenvalue weighted by molar-refractivity contribution is -0.274. The summed E-state index contributed by atoms with van der Waals surface area (Å²) in [6.45, 7) is 1.72. The number of anilines is 1. The highest BCUT2D eigenvalue weighted by Crippen LogP contribution is 2.25. The number of benzene rings is 1. The quantitative estimate of drug-likeness (QED) is 0.831. The number of nitrogens with one attached hydrogen (secondary N) is 1. The largest absolute Gasteiger partial charge is 0.573 e. The molecule has 0 saturated carbocycles. The summed E-state index contributed by atoms with van der Waals surface area (Å²) in [7, 11) is 0. The van der Waals surface area contributed by atoms with Crippen LogP contribution >= 0.6 is 11.8 Å². The molecule has 0 bridgehead atoms. The third-order valence-electron chi connectivity index (χ3n) is 2.66. The van der Waals surface area contributed by atoms with E-state index >= 15 is 0 Å². The normalized spacial score (nSPS) is 12.5. The molecule has 23 heavy (non-hydrogen) atoms. The molecule has 0 aliphatic heterocycles. The van der Waals surface area contributed by atoms with Crippen molar-refractivity contribution in [3.8, 4) is 5.75 Å². The first-order valence-electron chi connectivity index (χ1n) is 6.58. The predicted octanol–water partition coefficient (Wildman–Crippen LogP) is 4.10. The van der Waals surface area contributed by atoms with Crippen LogP contribution in [0.5, 0.6) is 5.75 Å². The maximum Gasteiger partial charge on any atom is 0.573 e. The molecular formula is C15H13F3N2O2S. The van der Waals surface area contributed by atoms with Gasteiger partial charge in [-0.2, -0.15) is 0 Å². The van der Waals surface area contributed by atoms with Gasteiger partial charge in [-0.25, -0.2) is 4.98 Å². The Labute approximate surface area is 135 Å².